The quantitative estimate of drug-likeness (QED) is 0.204. The predicted molar refractivity (Wildman–Crippen MR) is 164 cm³/mol. The molecule has 2 heterocycles. The summed E-state index contributed by atoms with van der Waals surface area (Å²) in [5.74, 6) is 0.0859. The summed E-state index contributed by atoms with van der Waals surface area (Å²) in [7, 11) is 0. The van der Waals surface area contributed by atoms with Crippen LogP contribution in [0.1, 0.15) is 11.8 Å². The van der Waals surface area contributed by atoms with Gasteiger partial charge in [-0.05, 0) is 82.3 Å². The molecule has 1 aromatic heterocycles. The predicted octanol–water partition coefficient (Wildman–Crippen LogP) is 4.89. The Hall–Kier alpha value is -4.60. The Morgan fingerprint density at radius 1 is 0.810 bits per heavy atom. The van der Waals surface area contributed by atoms with Crippen LogP contribution in [0, 0.1) is 0 Å². The minimum absolute atomic E-state index is 0.0859. The van der Waals surface area contributed by atoms with Crippen LogP contribution in [0.15, 0.2) is 83.8 Å². The number of aliphatic hydroxyl groups is 2. The minimum Gasteiger partial charge on any atom is -0.394 e. The number of nitrogens with two attached hydrogens (primary N) is 1. The van der Waals surface area contributed by atoms with E-state index in [-0.39, 0.29) is 12.4 Å². The number of ether oxygens (including phenoxy) is 2. The second-order valence-electron chi connectivity index (χ2n) is 11.3. The molecule has 4 N–H and O–H groups in total. The maximum absolute atomic E-state index is 12.6. The molecule has 1 aliphatic heterocycles. The van der Waals surface area contributed by atoms with Crippen LogP contribution in [0.4, 0.5) is 5.82 Å². The topological polar surface area (TPSA) is 120 Å². The fraction of sp³-hybridized carbons (Fsp3) is 0.176. The molecule has 0 spiro atoms. The third-order valence-electron chi connectivity index (χ3n) is 9.14. The summed E-state index contributed by atoms with van der Waals surface area (Å²) in [6, 6.07) is 25.5. The van der Waals surface area contributed by atoms with E-state index < -0.39 is 36.8 Å². The van der Waals surface area contributed by atoms with Crippen molar-refractivity contribution in [2.24, 2.45) is 0 Å². The summed E-state index contributed by atoms with van der Waals surface area (Å²) in [5, 5.41) is 35.5. The van der Waals surface area contributed by atoms with Crippen molar-refractivity contribution < 1.29 is 19.7 Å². The Balaban J connectivity index is 1.24. The summed E-state index contributed by atoms with van der Waals surface area (Å²) >= 11 is 0. The zero-order chi connectivity index (χ0) is 28.3. The molecule has 1 aliphatic rings. The van der Waals surface area contributed by atoms with E-state index in [1.165, 1.54) is 70.7 Å². The second kappa shape index (κ2) is 8.47. The standard InChI is InChI=1S/C34H25N3O5/c35-24-11-12-37(34(40)36-24)33-32(31(39)23(14-38)42-33)41-15-21-13-20-8-7-18-4-2-16-1-3-17-5-6-19-9-10-22(21)30-28(19)26(17)25(16)27(18)29(20)30/h1-13,23,31-33,38-39H,14-15H2,(H2,35,36,40)/t23-,31-,32-,33-/m1/s1. The zero-order valence-corrected chi connectivity index (χ0v) is 22.3. The Labute approximate surface area is 238 Å². The van der Waals surface area contributed by atoms with Crippen molar-refractivity contribution in [1.29, 1.82) is 0 Å². The van der Waals surface area contributed by atoms with E-state index in [1.54, 1.807) is 0 Å². The summed E-state index contributed by atoms with van der Waals surface area (Å²) in [5.41, 5.74) is 6.02. The second-order valence-corrected chi connectivity index (χ2v) is 11.3. The molecule has 7 aromatic carbocycles. The highest BCUT2D eigenvalue weighted by molar-refractivity contribution is 6.44. The number of benzene rings is 7. The number of aliphatic hydroxyl groups excluding tert-OH is 2. The normalized spacial score (nSPS) is 21.5. The van der Waals surface area contributed by atoms with E-state index in [9.17, 15) is 15.0 Å². The van der Waals surface area contributed by atoms with Gasteiger partial charge < -0.3 is 25.4 Å². The molecule has 0 bridgehead atoms. The van der Waals surface area contributed by atoms with Gasteiger partial charge in [0.05, 0.1) is 13.2 Å². The molecule has 8 aromatic rings. The molecule has 1 saturated heterocycles. The van der Waals surface area contributed by atoms with Gasteiger partial charge >= 0.3 is 5.69 Å². The van der Waals surface area contributed by atoms with E-state index in [4.69, 9.17) is 15.2 Å². The van der Waals surface area contributed by atoms with Crippen molar-refractivity contribution >= 4 is 70.5 Å². The lowest BCUT2D eigenvalue weighted by atomic mass is 9.82. The van der Waals surface area contributed by atoms with Crippen LogP contribution >= 0.6 is 0 Å². The van der Waals surface area contributed by atoms with Gasteiger partial charge in [0.15, 0.2) is 6.23 Å². The molecule has 8 nitrogen and oxygen atoms in total. The van der Waals surface area contributed by atoms with Crippen molar-refractivity contribution in [2.75, 3.05) is 12.3 Å². The van der Waals surface area contributed by atoms with Crippen molar-refractivity contribution in [2.45, 2.75) is 31.1 Å². The van der Waals surface area contributed by atoms with Crippen molar-refractivity contribution in [3.05, 3.63) is 95.0 Å². The first-order valence-corrected chi connectivity index (χ1v) is 14.0. The van der Waals surface area contributed by atoms with Gasteiger partial charge in [0.1, 0.15) is 24.1 Å². The van der Waals surface area contributed by atoms with Crippen LogP contribution in [-0.2, 0) is 16.1 Å². The minimum atomic E-state index is -1.15. The monoisotopic (exact) mass is 555 g/mol. The number of nitrogen functional groups attached to an aromatic ring is 1. The molecule has 4 atom stereocenters. The van der Waals surface area contributed by atoms with Gasteiger partial charge in [0.2, 0.25) is 0 Å². The van der Waals surface area contributed by atoms with Gasteiger partial charge in [-0.3, -0.25) is 4.57 Å². The summed E-state index contributed by atoms with van der Waals surface area (Å²) in [6.45, 7) is -0.259. The Morgan fingerprint density at radius 2 is 1.36 bits per heavy atom. The Bertz CT molecular complexity index is 2310. The van der Waals surface area contributed by atoms with Gasteiger partial charge in [0.25, 0.3) is 0 Å². The van der Waals surface area contributed by atoms with Gasteiger partial charge in [-0.1, -0.05) is 60.7 Å². The largest absolute Gasteiger partial charge is 0.394 e. The summed E-state index contributed by atoms with van der Waals surface area (Å²) in [6.07, 6.45) is -2.50. The molecule has 9 rings (SSSR count). The highest BCUT2D eigenvalue weighted by Gasteiger charge is 2.45. The molecule has 0 amide bonds. The molecule has 1 fully saturated rings. The molecule has 0 aliphatic carbocycles. The number of hydrogen-bond acceptors (Lipinski definition) is 7. The lowest BCUT2D eigenvalue weighted by Crippen LogP contribution is -2.38. The molecule has 42 heavy (non-hydrogen) atoms. The first-order valence-electron chi connectivity index (χ1n) is 14.0. The number of aromatic nitrogens is 2. The fourth-order valence-corrected chi connectivity index (χ4v) is 7.26. The van der Waals surface area contributed by atoms with Crippen LogP contribution in [0.25, 0.3) is 64.6 Å². The van der Waals surface area contributed by atoms with Gasteiger partial charge in [-0.25, -0.2) is 4.79 Å². The maximum atomic E-state index is 12.6. The highest BCUT2D eigenvalue weighted by Crippen LogP contribution is 2.49. The molecule has 8 heteroatoms. The van der Waals surface area contributed by atoms with Crippen LogP contribution in [0.3, 0.4) is 0 Å². The van der Waals surface area contributed by atoms with Gasteiger partial charge in [-0.15, -0.1) is 0 Å². The maximum Gasteiger partial charge on any atom is 0.351 e. The summed E-state index contributed by atoms with van der Waals surface area (Å²) < 4.78 is 13.5. The molecule has 206 valence electrons. The SMILES string of the molecule is Nc1ccn([C@@H]2O[C@H](CO)[C@@H](O)[C@H]2OCc2cc3ccc4ccc5ccc6ccc7ccc2c2c7c6c5c4c32)c(=O)n1. The van der Waals surface area contributed by atoms with Crippen molar-refractivity contribution in [3.8, 4) is 0 Å². The number of anilines is 1. The third kappa shape index (κ3) is 3.09. The highest BCUT2D eigenvalue weighted by atomic mass is 16.6. The lowest BCUT2D eigenvalue weighted by Gasteiger charge is -2.24. The molecule has 0 unspecified atom stereocenters. The molecule has 0 saturated carbocycles. The third-order valence-corrected chi connectivity index (χ3v) is 9.14. The van der Waals surface area contributed by atoms with Crippen molar-refractivity contribution in [1.82, 2.24) is 9.55 Å². The first-order chi connectivity index (χ1) is 20.5. The smallest absolute Gasteiger partial charge is 0.351 e. The molecule has 0 radical (unpaired) electrons. The van der Waals surface area contributed by atoms with Gasteiger partial charge in [-0.2, -0.15) is 4.98 Å². The van der Waals surface area contributed by atoms with E-state index in [1.807, 2.05) is 0 Å². The first kappa shape index (κ1) is 24.0. The van der Waals surface area contributed by atoms with E-state index in [2.05, 4.69) is 71.7 Å². The Morgan fingerprint density at radius 3 is 1.95 bits per heavy atom. The lowest BCUT2D eigenvalue weighted by molar-refractivity contribution is -0.0794. The van der Waals surface area contributed by atoms with Crippen LogP contribution in [0.2, 0.25) is 0 Å². The number of nitrogens with zero attached hydrogens (tertiary/aromatic N) is 2. The van der Waals surface area contributed by atoms with Crippen LogP contribution in [0.5, 0.6) is 0 Å². The average Bonchev–Trinajstić information content (AvgIpc) is 3.32. The number of rotatable bonds is 5. The molecular weight excluding hydrogens is 530 g/mol. The van der Waals surface area contributed by atoms with Crippen molar-refractivity contribution in [3.63, 3.8) is 0 Å². The Kier molecular flexibility index (Phi) is 4.85. The molecular formula is C34H25N3O5. The van der Waals surface area contributed by atoms with E-state index in [0.29, 0.717) is 0 Å². The van der Waals surface area contributed by atoms with Crippen LogP contribution in [-0.4, -0.2) is 44.7 Å². The van der Waals surface area contributed by atoms with E-state index in [0.717, 1.165) is 16.3 Å². The van der Waals surface area contributed by atoms with E-state index >= 15 is 0 Å². The van der Waals surface area contributed by atoms with Gasteiger partial charge in [0, 0.05) is 6.20 Å². The summed E-state index contributed by atoms with van der Waals surface area (Å²) in [4.78, 5) is 16.4. The van der Waals surface area contributed by atoms with Crippen LogP contribution < -0.4 is 11.4 Å². The average molecular weight is 556 g/mol. The fourth-order valence-electron chi connectivity index (χ4n) is 7.26. The number of hydrogen-bond donors (Lipinski definition) is 3. The zero-order valence-electron chi connectivity index (χ0n) is 22.3.